The zero-order valence-electron chi connectivity index (χ0n) is 14.1. The summed E-state index contributed by atoms with van der Waals surface area (Å²) in [5, 5.41) is 0. The van der Waals surface area contributed by atoms with Gasteiger partial charge in [-0.1, -0.05) is 12.2 Å². The van der Waals surface area contributed by atoms with E-state index in [1.165, 1.54) is 0 Å². The third kappa shape index (κ3) is 5.32. The molecule has 0 unspecified atom stereocenters. The third-order valence-corrected chi connectivity index (χ3v) is 4.21. The van der Waals surface area contributed by atoms with Crippen LogP contribution in [0.4, 0.5) is 0 Å². The Hall–Kier alpha value is -1.40. The van der Waals surface area contributed by atoms with Crippen LogP contribution in [0.2, 0.25) is 0 Å². The summed E-state index contributed by atoms with van der Waals surface area (Å²) >= 11 is 0. The molecule has 2 aliphatic rings. The van der Waals surface area contributed by atoms with E-state index in [4.69, 9.17) is 14.2 Å². The summed E-state index contributed by atoms with van der Waals surface area (Å²) in [5.41, 5.74) is 4.74. The zero-order valence-corrected chi connectivity index (χ0v) is 14.1. The molecular weight excluding hydrogens is 298 g/mol. The average molecular weight is 326 g/mol. The van der Waals surface area contributed by atoms with E-state index in [0.717, 1.165) is 24.8 Å². The van der Waals surface area contributed by atoms with Gasteiger partial charge in [-0.15, -0.1) is 0 Å². The number of ether oxygens (including phenoxy) is 3. The lowest BCUT2D eigenvalue weighted by Crippen LogP contribution is -2.65. The summed E-state index contributed by atoms with van der Waals surface area (Å²) in [6, 6.07) is -0.392. The fraction of sp³-hybridized carbons (Fsp3) is 0.765. The molecule has 4 atom stereocenters. The van der Waals surface area contributed by atoms with Gasteiger partial charge in [0.1, 0.15) is 6.10 Å². The van der Waals surface area contributed by atoms with Gasteiger partial charge < -0.3 is 19.9 Å². The number of hydrogen-bond donors (Lipinski definition) is 1. The van der Waals surface area contributed by atoms with E-state index in [1.807, 2.05) is 6.92 Å². The van der Waals surface area contributed by atoms with Crippen molar-refractivity contribution in [2.24, 2.45) is 5.92 Å². The first-order valence-corrected chi connectivity index (χ1v) is 8.38. The quantitative estimate of drug-likeness (QED) is 0.601. The lowest BCUT2D eigenvalue weighted by Gasteiger charge is -2.30. The molecule has 2 rings (SSSR count). The van der Waals surface area contributed by atoms with Crippen molar-refractivity contribution in [1.82, 2.24) is 0 Å². The van der Waals surface area contributed by atoms with E-state index in [0.29, 0.717) is 19.4 Å². The van der Waals surface area contributed by atoms with Crippen molar-refractivity contribution in [3.63, 3.8) is 0 Å². The molecule has 0 radical (unpaired) electrons. The highest BCUT2D eigenvalue weighted by molar-refractivity contribution is 5.75. The monoisotopic (exact) mass is 326 g/mol. The van der Waals surface area contributed by atoms with E-state index in [2.05, 4.69) is 12.3 Å². The molecule has 0 aromatic heterocycles. The number of carbonyl (C=O) groups is 2. The highest BCUT2D eigenvalue weighted by Crippen LogP contribution is 2.32. The fourth-order valence-electron chi connectivity index (χ4n) is 2.64. The van der Waals surface area contributed by atoms with Crippen LogP contribution in [0.3, 0.4) is 0 Å². The molecule has 1 aliphatic carbocycles. The maximum Gasteiger partial charge on any atom is 0.365 e. The van der Waals surface area contributed by atoms with Gasteiger partial charge in [0.25, 0.3) is 0 Å². The highest BCUT2D eigenvalue weighted by Gasteiger charge is 2.40. The topological polar surface area (TPSA) is 89.5 Å². The Morgan fingerprint density at radius 3 is 2.65 bits per heavy atom. The molecule has 0 aromatic carbocycles. The van der Waals surface area contributed by atoms with Gasteiger partial charge in [-0.2, -0.15) is 0 Å². The molecular formula is C17H28NO5+. The van der Waals surface area contributed by atoms with E-state index < -0.39 is 18.2 Å². The smallest absolute Gasteiger partial charge is 0.365 e. The van der Waals surface area contributed by atoms with Gasteiger partial charge in [0, 0.05) is 6.42 Å². The second kappa shape index (κ2) is 7.93. The minimum atomic E-state index is -0.586. The van der Waals surface area contributed by atoms with E-state index in [1.54, 1.807) is 6.92 Å². The van der Waals surface area contributed by atoms with Crippen LogP contribution in [-0.4, -0.2) is 42.9 Å². The first-order chi connectivity index (χ1) is 10.9. The van der Waals surface area contributed by atoms with Crippen LogP contribution in [-0.2, 0) is 23.8 Å². The van der Waals surface area contributed by atoms with Crippen LogP contribution in [0.15, 0.2) is 12.2 Å². The molecule has 6 heteroatoms. The van der Waals surface area contributed by atoms with E-state index in [-0.39, 0.29) is 24.0 Å². The minimum Gasteiger partial charge on any atom is -0.455 e. The van der Waals surface area contributed by atoms with Gasteiger partial charge in [-0.3, -0.25) is 4.79 Å². The van der Waals surface area contributed by atoms with Crippen LogP contribution in [0, 0.1) is 5.92 Å². The average Bonchev–Trinajstić information content (AvgIpc) is 3.31. The number of esters is 2. The molecule has 3 N–H and O–H groups in total. The Morgan fingerprint density at radius 1 is 1.35 bits per heavy atom. The second-order valence-corrected chi connectivity index (χ2v) is 6.75. The Morgan fingerprint density at radius 2 is 2.04 bits per heavy atom. The van der Waals surface area contributed by atoms with E-state index in [9.17, 15) is 9.59 Å². The number of cyclic esters (lactones) is 1. The molecule has 0 bridgehead atoms. The number of hydrogen-bond acceptors (Lipinski definition) is 5. The Labute approximate surface area is 137 Å². The van der Waals surface area contributed by atoms with Crippen LogP contribution in [0.1, 0.15) is 46.0 Å². The van der Waals surface area contributed by atoms with Gasteiger partial charge in [-0.05, 0) is 39.5 Å². The second-order valence-electron chi connectivity index (χ2n) is 6.75. The SMILES string of the molecule is C=C(C)CO[C@H]1CCC[C@H]([NH3+])C(=O)O[C@@H](C)[C@@H]1OC(=O)C1CC1. The van der Waals surface area contributed by atoms with Crippen molar-refractivity contribution in [1.29, 1.82) is 0 Å². The lowest BCUT2D eigenvalue weighted by atomic mass is 10.0. The van der Waals surface area contributed by atoms with Crippen LogP contribution in [0.5, 0.6) is 0 Å². The molecule has 1 aliphatic heterocycles. The van der Waals surface area contributed by atoms with Gasteiger partial charge in [0.2, 0.25) is 0 Å². The Balaban J connectivity index is 2.11. The predicted molar refractivity (Wildman–Crippen MR) is 83.2 cm³/mol. The van der Waals surface area contributed by atoms with Crippen LogP contribution in [0.25, 0.3) is 0 Å². The van der Waals surface area contributed by atoms with Crippen LogP contribution < -0.4 is 5.73 Å². The van der Waals surface area contributed by atoms with E-state index >= 15 is 0 Å². The summed E-state index contributed by atoms with van der Waals surface area (Å²) in [4.78, 5) is 24.1. The van der Waals surface area contributed by atoms with Crippen molar-refractivity contribution in [2.45, 2.75) is 70.3 Å². The Bertz CT molecular complexity index is 460. The highest BCUT2D eigenvalue weighted by atomic mass is 16.6. The molecule has 2 fully saturated rings. The molecule has 0 aromatic rings. The van der Waals surface area contributed by atoms with Crippen molar-refractivity contribution in [2.75, 3.05) is 6.61 Å². The summed E-state index contributed by atoms with van der Waals surface area (Å²) in [7, 11) is 0. The Kier molecular flexibility index (Phi) is 6.18. The molecule has 1 saturated carbocycles. The number of rotatable bonds is 5. The minimum absolute atomic E-state index is 0.00656. The van der Waals surface area contributed by atoms with Gasteiger partial charge in [-0.25, -0.2) is 4.79 Å². The first-order valence-electron chi connectivity index (χ1n) is 8.38. The van der Waals surface area contributed by atoms with Crippen LogP contribution >= 0.6 is 0 Å². The van der Waals surface area contributed by atoms with Gasteiger partial charge in [0.05, 0.1) is 18.6 Å². The van der Waals surface area contributed by atoms with Crippen molar-refractivity contribution in [3.05, 3.63) is 12.2 Å². The zero-order chi connectivity index (χ0) is 17.0. The number of carbonyl (C=O) groups excluding carboxylic acids is 2. The molecule has 0 spiro atoms. The normalized spacial score (nSPS) is 32.2. The first kappa shape index (κ1) is 17.9. The fourth-order valence-corrected chi connectivity index (χ4v) is 2.64. The summed E-state index contributed by atoms with van der Waals surface area (Å²) in [6.45, 7) is 7.87. The maximum absolute atomic E-state index is 12.1. The maximum atomic E-state index is 12.1. The molecule has 1 heterocycles. The summed E-state index contributed by atoms with van der Waals surface area (Å²) in [5.74, 6) is -0.564. The largest absolute Gasteiger partial charge is 0.455 e. The standard InChI is InChI=1S/C17H27NO5/c1-10(2)9-21-14-6-4-5-13(18)17(20)22-11(3)15(14)23-16(19)12-7-8-12/h11-15H,1,4-9,18H2,2-3H3/p+1/t11-,13-,14-,15-/m0/s1. The molecule has 0 amide bonds. The summed E-state index contributed by atoms with van der Waals surface area (Å²) in [6.07, 6.45) is 2.41. The predicted octanol–water partition coefficient (Wildman–Crippen LogP) is 0.996. The van der Waals surface area contributed by atoms with Gasteiger partial charge >= 0.3 is 11.9 Å². The molecule has 23 heavy (non-hydrogen) atoms. The molecule has 1 saturated heterocycles. The summed E-state index contributed by atoms with van der Waals surface area (Å²) < 4.78 is 17.0. The number of quaternary nitrogens is 1. The van der Waals surface area contributed by atoms with Crippen molar-refractivity contribution < 1.29 is 29.5 Å². The lowest BCUT2D eigenvalue weighted by molar-refractivity contribution is -0.410. The molecule has 130 valence electrons. The molecule has 6 nitrogen and oxygen atoms in total. The third-order valence-electron chi connectivity index (χ3n) is 4.21. The van der Waals surface area contributed by atoms with Crippen molar-refractivity contribution >= 4 is 11.9 Å². The van der Waals surface area contributed by atoms with Gasteiger partial charge in [0.15, 0.2) is 12.1 Å². The van der Waals surface area contributed by atoms with Crippen molar-refractivity contribution in [3.8, 4) is 0 Å².